The number of anilines is 1. The van der Waals surface area contributed by atoms with E-state index in [4.69, 9.17) is 0 Å². The van der Waals surface area contributed by atoms with Crippen LogP contribution in [0.5, 0.6) is 0 Å². The van der Waals surface area contributed by atoms with E-state index in [1.54, 1.807) is 38.4 Å². The maximum Gasteiger partial charge on any atom is 0.255 e. The first kappa shape index (κ1) is 15.0. The van der Waals surface area contributed by atoms with Crippen molar-refractivity contribution in [3.63, 3.8) is 0 Å². The van der Waals surface area contributed by atoms with Crippen LogP contribution in [-0.2, 0) is 9.59 Å². The molecule has 1 aromatic rings. The fourth-order valence-electron chi connectivity index (χ4n) is 1.99. The number of amides is 3. The van der Waals surface area contributed by atoms with Gasteiger partial charge in [-0.25, -0.2) is 0 Å². The third-order valence-electron chi connectivity index (χ3n) is 3.15. The summed E-state index contributed by atoms with van der Waals surface area (Å²) < 4.78 is 0. The second-order valence-electron chi connectivity index (χ2n) is 4.97. The summed E-state index contributed by atoms with van der Waals surface area (Å²) in [5.41, 5.74) is 0.885. The fourth-order valence-corrected chi connectivity index (χ4v) is 1.99. The molecule has 1 aromatic carbocycles. The number of carbonyl (C=O) groups excluding carboxylic acids is 3. The van der Waals surface area contributed by atoms with Gasteiger partial charge in [-0.05, 0) is 12.1 Å². The second kappa shape index (κ2) is 6.36. The van der Waals surface area contributed by atoms with Gasteiger partial charge in [0.25, 0.3) is 5.91 Å². The van der Waals surface area contributed by atoms with Crippen molar-refractivity contribution in [2.75, 3.05) is 32.5 Å². The molecule has 3 N–H and O–H groups in total. The largest absolute Gasteiger partial charge is 0.353 e. The Bertz CT molecular complexity index is 561. The van der Waals surface area contributed by atoms with Gasteiger partial charge in [0.1, 0.15) is 6.04 Å². The molecule has 0 aromatic heterocycles. The SMILES string of the molecule is CN(C)C(=O)c1ccccc1NC(=O)C1CNC(=O)CN1. The molecule has 0 spiro atoms. The predicted octanol–water partition coefficient (Wildman–Crippen LogP) is -0.585. The molecule has 21 heavy (non-hydrogen) atoms. The molecule has 0 radical (unpaired) electrons. The van der Waals surface area contributed by atoms with Crippen LogP contribution < -0.4 is 16.0 Å². The zero-order valence-electron chi connectivity index (χ0n) is 12.0. The molecule has 1 atom stereocenters. The van der Waals surface area contributed by atoms with Gasteiger partial charge in [0.15, 0.2) is 0 Å². The van der Waals surface area contributed by atoms with E-state index in [2.05, 4.69) is 16.0 Å². The van der Waals surface area contributed by atoms with E-state index in [-0.39, 0.29) is 30.8 Å². The summed E-state index contributed by atoms with van der Waals surface area (Å²) in [4.78, 5) is 36.7. The lowest BCUT2D eigenvalue weighted by Crippen LogP contribution is -2.56. The van der Waals surface area contributed by atoms with Crippen LogP contribution in [0.1, 0.15) is 10.4 Å². The third kappa shape index (κ3) is 3.57. The molecule has 7 heteroatoms. The van der Waals surface area contributed by atoms with Crippen molar-refractivity contribution in [3.05, 3.63) is 29.8 Å². The normalized spacial score (nSPS) is 17.8. The molecular weight excluding hydrogens is 272 g/mol. The number of hydrogen-bond donors (Lipinski definition) is 3. The second-order valence-corrected chi connectivity index (χ2v) is 4.97. The molecule has 7 nitrogen and oxygen atoms in total. The summed E-state index contributed by atoms with van der Waals surface area (Å²) in [6.45, 7) is 0.338. The van der Waals surface area contributed by atoms with Crippen LogP contribution in [0.2, 0.25) is 0 Å². The van der Waals surface area contributed by atoms with E-state index in [0.29, 0.717) is 11.3 Å². The van der Waals surface area contributed by atoms with Crippen molar-refractivity contribution < 1.29 is 14.4 Å². The van der Waals surface area contributed by atoms with Crippen molar-refractivity contribution in [1.29, 1.82) is 0 Å². The quantitative estimate of drug-likeness (QED) is 0.694. The summed E-state index contributed by atoms with van der Waals surface area (Å²) in [7, 11) is 3.30. The van der Waals surface area contributed by atoms with Crippen molar-refractivity contribution in [3.8, 4) is 0 Å². The molecule has 112 valence electrons. The van der Waals surface area contributed by atoms with Crippen molar-refractivity contribution in [2.45, 2.75) is 6.04 Å². The molecule has 2 rings (SSSR count). The van der Waals surface area contributed by atoms with Gasteiger partial charge in [-0.15, -0.1) is 0 Å². The molecule has 1 saturated heterocycles. The molecule has 1 unspecified atom stereocenters. The van der Waals surface area contributed by atoms with E-state index in [9.17, 15) is 14.4 Å². The summed E-state index contributed by atoms with van der Waals surface area (Å²) in [6.07, 6.45) is 0. The third-order valence-corrected chi connectivity index (χ3v) is 3.15. The molecule has 1 aliphatic rings. The summed E-state index contributed by atoms with van der Waals surface area (Å²) in [6, 6.07) is 6.32. The van der Waals surface area contributed by atoms with Gasteiger partial charge in [-0.2, -0.15) is 0 Å². The number of hydrogen-bond acceptors (Lipinski definition) is 4. The minimum absolute atomic E-state index is 0.108. The van der Waals surface area contributed by atoms with Gasteiger partial charge >= 0.3 is 0 Å². The lowest BCUT2D eigenvalue weighted by Gasteiger charge is -2.23. The Morgan fingerprint density at radius 3 is 2.62 bits per heavy atom. The topological polar surface area (TPSA) is 90.5 Å². The lowest BCUT2D eigenvalue weighted by atomic mass is 10.1. The van der Waals surface area contributed by atoms with Crippen LogP contribution in [0.25, 0.3) is 0 Å². The van der Waals surface area contributed by atoms with Crippen LogP contribution >= 0.6 is 0 Å². The first-order valence-corrected chi connectivity index (χ1v) is 6.60. The first-order valence-electron chi connectivity index (χ1n) is 6.60. The van der Waals surface area contributed by atoms with Crippen LogP contribution in [0.15, 0.2) is 24.3 Å². The maximum atomic E-state index is 12.2. The molecule has 1 heterocycles. The van der Waals surface area contributed by atoms with Crippen LogP contribution in [-0.4, -0.2) is 55.8 Å². The number of nitrogens with zero attached hydrogens (tertiary/aromatic N) is 1. The van der Waals surface area contributed by atoms with E-state index in [0.717, 1.165) is 0 Å². The molecule has 0 aliphatic carbocycles. The number of carbonyl (C=O) groups is 3. The highest BCUT2D eigenvalue weighted by molar-refractivity contribution is 6.05. The summed E-state index contributed by atoms with van der Waals surface area (Å²) in [5, 5.41) is 8.19. The first-order chi connectivity index (χ1) is 9.99. The highest BCUT2D eigenvalue weighted by Crippen LogP contribution is 2.16. The van der Waals surface area contributed by atoms with Crippen LogP contribution in [0, 0.1) is 0 Å². The minimum Gasteiger partial charge on any atom is -0.353 e. The Balaban J connectivity index is 2.11. The van der Waals surface area contributed by atoms with Gasteiger partial charge in [-0.3, -0.25) is 19.7 Å². The molecule has 3 amide bonds. The van der Waals surface area contributed by atoms with Gasteiger partial charge in [-0.1, -0.05) is 12.1 Å². The fraction of sp³-hybridized carbons (Fsp3) is 0.357. The average molecular weight is 290 g/mol. The maximum absolute atomic E-state index is 12.2. The number of piperazine rings is 1. The Morgan fingerprint density at radius 1 is 1.29 bits per heavy atom. The standard InChI is InChI=1S/C14H18N4O3/c1-18(2)14(21)9-5-3-4-6-10(9)17-13(20)11-7-16-12(19)8-15-11/h3-6,11,15H,7-8H2,1-2H3,(H,16,19)(H,17,20). The van der Waals surface area contributed by atoms with Gasteiger partial charge in [0.05, 0.1) is 17.8 Å². The molecule has 1 aliphatic heterocycles. The molecular formula is C14H18N4O3. The van der Waals surface area contributed by atoms with Gasteiger partial charge in [0, 0.05) is 20.6 Å². The number of rotatable bonds is 3. The number of para-hydroxylation sites is 1. The van der Waals surface area contributed by atoms with Gasteiger partial charge in [0.2, 0.25) is 11.8 Å². The Hall–Kier alpha value is -2.41. The Labute approximate surface area is 122 Å². The minimum atomic E-state index is -0.509. The molecule has 0 saturated carbocycles. The zero-order valence-corrected chi connectivity index (χ0v) is 12.0. The monoisotopic (exact) mass is 290 g/mol. The molecule has 1 fully saturated rings. The summed E-state index contributed by atoms with van der Waals surface area (Å²) in [5.74, 6) is -0.605. The van der Waals surface area contributed by atoms with E-state index in [1.807, 2.05) is 0 Å². The van der Waals surface area contributed by atoms with E-state index in [1.165, 1.54) is 4.90 Å². The highest BCUT2D eigenvalue weighted by Gasteiger charge is 2.24. The van der Waals surface area contributed by atoms with Crippen molar-refractivity contribution >= 4 is 23.4 Å². The smallest absolute Gasteiger partial charge is 0.255 e. The Morgan fingerprint density at radius 2 is 2.00 bits per heavy atom. The van der Waals surface area contributed by atoms with Crippen molar-refractivity contribution in [2.24, 2.45) is 0 Å². The predicted molar refractivity (Wildman–Crippen MR) is 77.9 cm³/mol. The zero-order chi connectivity index (χ0) is 15.4. The number of benzene rings is 1. The summed E-state index contributed by atoms with van der Waals surface area (Å²) >= 11 is 0. The van der Waals surface area contributed by atoms with E-state index < -0.39 is 6.04 Å². The van der Waals surface area contributed by atoms with Crippen LogP contribution in [0.3, 0.4) is 0 Å². The van der Waals surface area contributed by atoms with E-state index >= 15 is 0 Å². The lowest BCUT2D eigenvalue weighted by molar-refractivity contribution is -0.124. The van der Waals surface area contributed by atoms with Gasteiger partial charge < -0.3 is 15.5 Å². The number of nitrogens with one attached hydrogen (secondary N) is 3. The Kier molecular flexibility index (Phi) is 4.54. The molecule has 0 bridgehead atoms. The average Bonchev–Trinajstić information content (AvgIpc) is 2.47. The highest BCUT2D eigenvalue weighted by atomic mass is 16.2. The van der Waals surface area contributed by atoms with Crippen LogP contribution in [0.4, 0.5) is 5.69 Å². The van der Waals surface area contributed by atoms with Crippen molar-refractivity contribution in [1.82, 2.24) is 15.5 Å².